The van der Waals surface area contributed by atoms with Gasteiger partial charge in [0, 0.05) is 0 Å². The fourth-order valence-electron chi connectivity index (χ4n) is 3.40. The van der Waals surface area contributed by atoms with E-state index in [2.05, 4.69) is 40.6 Å². The molecule has 0 unspecified atom stereocenters. The Balaban J connectivity index is 1.90. The van der Waals surface area contributed by atoms with E-state index in [1.165, 1.54) is 16.7 Å². The van der Waals surface area contributed by atoms with Crippen LogP contribution in [0.3, 0.4) is 0 Å². The van der Waals surface area contributed by atoms with Gasteiger partial charge in [0.15, 0.2) is 0 Å². The van der Waals surface area contributed by atoms with Crippen LogP contribution in [0.5, 0.6) is 0 Å². The van der Waals surface area contributed by atoms with Gasteiger partial charge in [-0.25, -0.2) is 0 Å². The van der Waals surface area contributed by atoms with Gasteiger partial charge in [-0.15, -0.1) is 0 Å². The van der Waals surface area contributed by atoms with Gasteiger partial charge in [0.05, 0.1) is 23.7 Å². The van der Waals surface area contributed by atoms with E-state index < -0.39 is 0 Å². The van der Waals surface area contributed by atoms with Crippen molar-refractivity contribution >= 4 is 5.57 Å². The molecule has 0 N–H and O–H groups in total. The first kappa shape index (κ1) is 13.0. The highest BCUT2D eigenvalue weighted by atomic mass is 15.2. The fourth-order valence-corrected chi connectivity index (χ4v) is 3.40. The van der Waals surface area contributed by atoms with Crippen molar-refractivity contribution in [3.8, 4) is 6.07 Å². The molecule has 1 saturated carbocycles. The molecule has 3 nitrogen and oxygen atoms in total. The van der Waals surface area contributed by atoms with Crippen LogP contribution in [-0.2, 0) is 0 Å². The van der Waals surface area contributed by atoms with Gasteiger partial charge in [0.25, 0.3) is 0 Å². The molecule has 0 spiro atoms. The molecule has 2 aromatic rings. The Bertz CT molecular complexity index is 779. The van der Waals surface area contributed by atoms with E-state index in [9.17, 15) is 0 Å². The first-order chi connectivity index (χ1) is 10.9. The average Bonchev–Trinajstić information content (AvgIpc) is 3.17. The topological polar surface area (TPSA) is 48.5 Å². The smallest absolute Gasteiger partial charge is 0.0991 e. The maximum atomic E-state index is 9.00. The minimum atomic E-state index is 0.232. The Hall–Kier alpha value is -2.73. The summed E-state index contributed by atoms with van der Waals surface area (Å²) >= 11 is 0. The largest absolute Gasteiger partial charge is 0.192 e. The number of nitrogens with zero attached hydrogens (tertiary/aromatic N) is 3. The second-order valence-corrected chi connectivity index (χ2v) is 5.73. The highest BCUT2D eigenvalue weighted by Gasteiger charge is 2.38. The zero-order chi connectivity index (χ0) is 14.9. The van der Waals surface area contributed by atoms with Crippen molar-refractivity contribution in [3.05, 3.63) is 76.9 Å². The summed E-state index contributed by atoms with van der Waals surface area (Å²) in [4.78, 5) is 0. The molecule has 1 fully saturated rings. The molecule has 3 heteroatoms. The second-order valence-electron chi connectivity index (χ2n) is 5.73. The summed E-state index contributed by atoms with van der Waals surface area (Å²) in [5.41, 5.74) is 5.61. The molecule has 1 aliphatic carbocycles. The molecule has 2 aliphatic rings. The molecule has 22 heavy (non-hydrogen) atoms. The van der Waals surface area contributed by atoms with Crippen molar-refractivity contribution in [1.29, 1.82) is 5.26 Å². The summed E-state index contributed by atoms with van der Waals surface area (Å²) in [5, 5.41) is 17.8. The summed E-state index contributed by atoms with van der Waals surface area (Å²) < 4.78 is 0. The molecule has 0 aromatic heterocycles. The van der Waals surface area contributed by atoms with Gasteiger partial charge in [-0.3, -0.25) is 0 Å². The van der Waals surface area contributed by atoms with Crippen LogP contribution in [-0.4, -0.2) is 12.1 Å². The number of benzene rings is 2. The van der Waals surface area contributed by atoms with Crippen LogP contribution in [0.15, 0.2) is 70.4 Å². The Morgan fingerprint density at radius 1 is 0.864 bits per heavy atom. The van der Waals surface area contributed by atoms with Crippen molar-refractivity contribution in [3.63, 3.8) is 0 Å². The Morgan fingerprint density at radius 2 is 1.45 bits per heavy atom. The van der Waals surface area contributed by atoms with Crippen LogP contribution in [0.2, 0.25) is 0 Å². The Morgan fingerprint density at radius 3 is 2.00 bits per heavy atom. The predicted octanol–water partition coefficient (Wildman–Crippen LogP) is 4.36. The summed E-state index contributed by atoms with van der Waals surface area (Å²) in [6.07, 6.45) is 2.19. The van der Waals surface area contributed by atoms with Gasteiger partial charge >= 0.3 is 0 Å². The van der Waals surface area contributed by atoms with Gasteiger partial charge in [-0.1, -0.05) is 42.5 Å². The van der Waals surface area contributed by atoms with E-state index in [0.717, 1.165) is 18.4 Å². The minimum Gasteiger partial charge on any atom is -0.192 e. The van der Waals surface area contributed by atoms with E-state index in [1.807, 2.05) is 30.3 Å². The lowest BCUT2D eigenvalue weighted by atomic mass is 9.89. The number of nitriles is 1. The van der Waals surface area contributed by atoms with Crippen LogP contribution in [0, 0.1) is 11.3 Å². The molecular weight excluding hydrogens is 270 g/mol. The SMILES string of the molecule is N#Cc1ccc(C(=C2[C@@H]3CC[C@H]2N=N3)c2ccccc2)cc1. The van der Waals surface area contributed by atoms with Crippen LogP contribution < -0.4 is 0 Å². The van der Waals surface area contributed by atoms with Gasteiger partial charge < -0.3 is 0 Å². The summed E-state index contributed by atoms with van der Waals surface area (Å²) in [6, 6.07) is 20.9. The third kappa shape index (κ3) is 2.05. The molecule has 2 bridgehead atoms. The van der Waals surface area contributed by atoms with Gasteiger partial charge in [0.1, 0.15) is 0 Å². The molecule has 106 valence electrons. The number of hydrogen-bond acceptors (Lipinski definition) is 3. The van der Waals surface area contributed by atoms with E-state index in [-0.39, 0.29) is 12.1 Å². The molecule has 0 radical (unpaired) electrons. The van der Waals surface area contributed by atoms with E-state index >= 15 is 0 Å². The third-order valence-electron chi connectivity index (χ3n) is 4.43. The standard InChI is InChI=1S/C19H15N3/c20-12-13-6-8-15(9-7-13)18(14-4-2-1-3-5-14)19-16-10-11-17(19)22-21-16/h1-9,16-17H,10-11H2/t16-,17+. The molecule has 1 heterocycles. The maximum absolute atomic E-state index is 9.00. The van der Waals surface area contributed by atoms with E-state index in [4.69, 9.17) is 5.26 Å². The van der Waals surface area contributed by atoms with Gasteiger partial charge in [-0.2, -0.15) is 15.5 Å². The second kappa shape index (κ2) is 5.23. The summed E-state index contributed by atoms with van der Waals surface area (Å²) in [7, 11) is 0. The lowest BCUT2D eigenvalue weighted by Crippen LogP contribution is -2.05. The van der Waals surface area contributed by atoms with Crippen molar-refractivity contribution in [1.82, 2.24) is 0 Å². The van der Waals surface area contributed by atoms with Gasteiger partial charge in [0.2, 0.25) is 0 Å². The van der Waals surface area contributed by atoms with E-state index in [1.54, 1.807) is 0 Å². The number of azo groups is 1. The predicted molar refractivity (Wildman–Crippen MR) is 85.3 cm³/mol. The number of rotatable bonds is 2. The first-order valence-corrected chi connectivity index (χ1v) is 7.57. The maximum Gasteiger partial charge on any atom is 0.0991 e. The zero-order valence-corrected chi connectivity index (χ0v) is 12.1. The van der Waals surface area contributed by atoms with Gasteiger partial charge in [-0.05, 0) is 47.2 Å². The number of hydrogen-bond donors (Lipinski definition) is 0. The molecule has 2 atom stereocenters. The van der Waals surface area contributed by atoms with Crippen LogP contribution in [0.25, 0.3) is 5.57 Å². The lowest BCUT2D eigenvalue weighted by molar-refractivity contribution is 0.643. The quantitative estimate of drug-likeness (QED) is 0.808. The van der Waals surface area contributed by atoms with Crippen LogP contribution >= 0.6 is 0 Å². The summed E-state index contributed by atoms with van der Waals surface area (Å²) in [6.45, 7) is 0. The Labute approximate surface area is 129 Å². The monoisotopic (exact) mass is 285 g/mol. The third-order valence-corrected chi connectivity index (χ3v) is 4.43. The Kier molecular flexibility index (Phi) is 3.08. The number of fused-ring (bicyclic) bond motifs is 2. The lowest BCUT2D eigenvalue weighted by Gasteiger charge is -2.14. The summed E-state index contributed by atoms with van der Waals surface area (Å²) in [5.74, 6) is 0. The molecule has 0 saturated heterocycles. The van der Waals surface area contributed by atoms with Crippen LogP contribution in [0.4, 0.5) is 0 Å². The van der Waals surface area contributed by atoms with Crippen molar-refractivity contribution in [2.45, 2.75) is 24.9 Å². The molecule has 1 aliphatic heterocycles. The van der Waals surface area contributed by atoms with E-state index in [0.29, 0.717) is 5.56 Å². The fraction of sp³-hybridized carbons (Fsp3) is 0.211. The molecule has 2 aromatic carbocycles. The highest BCUT2D eigenvalue weighted by molar-refractivity contribution is 5.84. The van der Waals surface area contributed by atoms with Crippen molar-refractivity contribution in [2.75, 3.05) is 0 Å². The zero-order valence-electron chi connectivity index (χ0n) is 12.1. The average molecular weight is 285 g/mol. The molecule has 0 amide bonds. The highest BCUT2D eigenvalue weighted by Crippen LogP contribution is 2.43. The minimum absolute atomic E-state index is 0.232. The first-order valence-electron chi connectivity index (χ1n) is 7.57. The molecular formula is C19H15N3. The van der Waals surface area contributed by atoms with Crippen molar-refractivity contribution < 1.29 is 0 Å². The molecule has 4 rings (SSSR count). The van der Waals surface area contributed by atoms with Crippen molar-refractivity contribution in [2.24, 2.45) is 10.2 Å². The normalized spacial score (nSPS) is 24.3. The van der Waals surface area contributed by atoms with Crippen LogP contribution in [0.1, 0.15) is 29.5 Å².